The lowest BCUT2D eigenvalue weighted by molar-refractivity contribution is 0.0847. The monoisotopic (exact) mass is 204 g/mol. The lowest BCUT2D eigenvalue weighted by Crippen LogP contribution is -2.26. The molecule has 1 aromatic carbocycles. The minimum atomic E-state index is -0.0140. The molecule has 1 unspecified atom stereocenters. The van der Waals surface area contributed by atoms with Crippen LogP contribution in [-0.4, -0.2) is 12.4 Å². The van der Waals surface area contributed by atoms with Crippen LogP contribution in [0.5, 0.6) is 5.75 Å². The Balaban J connectivity index is 2.53. The summed E-state index contributed by atoms with van der Waals surface area (Å²) in [6, 6.07) is 5.83. The topological polar surface area (TPSA) is 26.3 Å². The van der Waals surface area contributed by atoms with E-state index >= 15 is 0 Å². The van der Waals surface area contributed by atoms with Crippen LogP contribution in [0.15, 0.2) is 18.2 Å². The van der Waals surface area contributed by atoms with Gasteiger partial charge in [0.15, 0.2) is 5.78 Å². The van der Waals surface area contributed by atoms with Gasteiger partial charge in [0.2, 0.25) is 0 Å². The molecule has 1 aliphatic heterocycles. The maximum atomic E-state index is 11.9. The van der Waals surface area contributed by atoms with Gasteiger partial charge in [-0.1, -0.05) is 32.9 Å². The molecule has 0 fully saturated rings. The number of Topliss-reactive ketones (excluding diaryl/α,β-unsaturated/α-hetero) is 1. The molecule has 0 aromatic heterocycles. The molecule has 1 atom stereocenters. The molecule has 0 spiro atoms. The number of hydrogen-bond donors (Lipinski definition) is 0. The molecule has 0 aliphatic carbocycles. The summed E-state index contributed by atoms with van der Waals surface area (Å²) >= 11 is 0. The quantitative estimate of drug-likeness (QED) is 0.702. The molecule has 0 N–H and O–H groups in total. The van der Waals surface area contributed by atoms with Crippen LogP contribution < -0.4 is 4.74 Å². The molecule has 0 saturated carbocycles. The number of fused-ring (bicyclic) bond motifs is 1. The third-order valence-electron chi connectivity index (χ3n) is 2.86. The van der Waals surface area contributed by atoms with Gasteiger partial charge in [-0.05, 0) is 17.5 Å². The Morgan fingerprint density at radius 2 is 2.13 bits per heavy atom. The molecule has 0 bridgehead atoms. The van der Waals surface area contributed by atoms with Gasteiger partial charge < -0.3 is 4.74 Å². The standard InChI is InChI=1S/C13H16O2/c1-8(2)10-5-4-6-11-12(14)9(3)7-15-13(10)11/h4-6,8-9H,7H2,1-3H3. The first kappa shape index (κ1) is 10.2. The van der Waals surface area contributed by atoms with E-state index in [4.69, 9.17) is 4.74 Å². The van der Waals surface area contributed by atoms with Crippen molar-refractivity contribution in [2.45, 2.75) is 26.7 Å². The van der Waals surface area contributed by atoms with Gasteiger partial charge >= 0.3 is 0 Å². The second kappa shape index (κ2) is 3.69. The highest BCUT2D eigenvalue weighted by atomic mass is 16.5. The molecule has 1 aromatic rings. The predicted molar refractivity (Wildman–Crippen MR) is 59.5 cm³/mol. The van der Waals surface area contributed by atoms with E-state index in [1.165, 1.54) is 0 Å². The molecule has 1 heterocycles. The van der Waals surface area contributed by atoms with Crippen molar-refractivity contribution in [2.75, 3.05) is 6.61 Å². The van der Waals surface area contributed by atoms with E-state index in [1.54, 1.807) is 0 Å². The molecule has 0 radical (unpaired) electrons. The number of carbonyl (C=O) groups is 1. The lowest BCUT2D eigenvalue weighted by Gasteiger charge is -2.24. The molecule has 2 heteroatoms. The SMILES string of the molecule is CC1COc2c(cccc2C(C)C)C1=O. The van der Waals surface area contributed by atoms with Gasteiger partial charge in [0, 0.05) is 0 Å². The van der Waals surface area contributed by atoms with E-state index in [-0.39, 0.29) is 11.7 Å². The number of ketones is 1. The Morgan fingerprint density at radius 1 is 1.40 bits per heavy atom. The van der Waals surface area contributed by atoms with Crippen LogP contribution in [-0.2, 0) is 0 Å². The zero-order valence-electron chi connectivity index (χ0n) is 9.41. The van der Waals surface area contributed by atoms with Crippen molar-refractivity contribution in [1.29, 1.82) is 0 Å². The van der Waals surface area contributed by atoms with E-state index in [0.717, 1.165) is 16.9 Å². The maximum Gasteiger partial charge on any atom is 0.172 e. The fourth-order valence-electron chi connectivity index (χ4n) is 1.91. The van der Waals surface area contributed by atoms with Crippen LogP contribution in [0.25, 0.3) is 0 Å². The first-order chi connectivity index (χ1) is 7.11. The average Bonchev–Trinajstić information content (AvgIpc) is 2.23. The molecule has 15 heavy (non-hydrogen) atoms. The molecular weight excluding hydrogens is 188 g/mol. The zero-order valence-corrected chi connectivity index (χ0v) is 9.41. The largest absolute Gasteiger partial charge is 0.492 e. The smallest absolute Gasteiger partial charge is 0.172 e. The molecule has 0 saturated heterocycles. The number of ether oxygens (including phenoxy) is 1. The second-order valence-corrected chi connectivity index (χ2v) is 4.45. The van der Waals surface area contributed by atoms with Crippen molar-refractivity contribution in [3.8, 4) is 5.75 Å². The van der Waals surface area contributed by atoms with E-state index in [9.17, 15) is 4.79 Å². The van der Waals surface area contributed by atoms with Gasteiger partial charge in [-0.25, -0.2) is 0 Å². The Kier molecular flexibility index (Phi) is 2.51. The zero-order chi connectivity index (χ0) is 11.0. The van der Waals surface area contributed by atoms with E-state index in [2.05, 4.69) is 13.8 Å². The third-order valence-corrected chi connectivity index (χ3v) is 2.86. The van der Waals surface area contributed by atoms with Crippen molar-refractivity contribution in [2.24, 2.45) is 5.92 Å². The molecule has 1 aliphatic rings. The normalized spacial score (nSPS) is 20.0. The van der Waals surface area contributed by atoms with Gasteiger partial charge in [-0.15, -0.1) is 0 Å². The van der Waals surface area contributed by atoms with Crippen LogP contribution in [0.1, 0.15) is 42.6 Å². The highest BCUT2D eigenvalue weighted by molar-refractivity contribution is 6.01. The maximum absolute atomic E-state index is 11.9. The van der Waals surface area contributed by atoms with Crippen molar-refractivity contribution >= 4 is 5.78 Å². The van der Waals surface area contributed by atoms with Gasteiger partial charge in [0.05, 0.1) is 18.1 Å². The van der Waals surface area contributed by atoms with Crippen LogP contribution in [0.2, 0.25) is 0 Å². The van der Waals surface area contributed by atoms with E-state index in [1.807, 2.05) is 25.1 Å². The summed E-state index contributed by atoms with van der Waals surface area (Å²) < 4.78 is 5.68. The van der Waals surface area contributed by atoms with Crippen LogP contribution in [0.3, 0.4) is 0 Å². The summed E-state index contributed by atoms with van der Waals surface area (Å²) in [4.78, 5) is 11.9. The fourth-order valence-corrected chi connectivity index (χ4v) is 1.91. The van der Waals surface area contributed by atoms with Gasteiger partial charge in [-0.3, -0.25) is 4.79 Å². The summed E-state index contributed by atoms with van der Waals surface area (Å²) in [7, 11) is 0. The lowest BCUT2D eigenvalue weighted by atomic mass is 9.91. The van der Waals surface area contributed by atoms with Crippen molar-refractivity contribution in [3.05, 3.63) is 29.3 Å². The highest BCUT2D eigenvalue weighted by Crippen LogP contribution is 2.34. The summed E-state index contributed by atoms with van der Waals surface area (Å²) in [5.74, 6) is 1.38. The Hall–Kier alpha value is -1.31. The summed E-state index contributed by atoms with van der Waals surface area (Å²) in [6.45, 7) is 6.64. The van der Waals surface area contributed by atoms with Gasteiger partial charge in [-0.2, -0.15) is 0 Å². The molecule has 80 valence electrons. The minimum absolute atomic E-state index is 0.0140. The first-order valence-electron chi connectivity index (χ1n) is 5.41. The fraction of sp³-hybridized carbons (Fsp3) is 0.462. The summed E-state index contributed by atoms with van der Waals surface area (Å²) in [6.07, 6.45) is 0. The minimum Gasteiger partial charge on any atom is -0.492 e. The summed E-state index contributed by atoms with van der Waals surface area (Å²) in [5.41, 5.74) is 1.88. The predicted octanol–water partition coefficient (Wildman–Crippen LogP) is 3.02. The van der Waals surface area contributed by atoms with Crippen LogP contribution in [0, 0.1) is 5.92 Å². The van der Waals surface area contributed by atoms with Crippen molar-refractivity contribution in [1.82, 2.24) is 0 Å². The summed E-state index contributed by atoms with van der Waals surface area (Å²) in [5, 5.41) is 0. The average molecular weight is 204 g/mol. The number of carbonyl (C=O) groups excluding carboxylic acids is 1. The number of para-hydroxylation sites is 1. The molecular formula is C13H16O2. The van der Waals surface area contributed by atoms with E-state index in [0.29, 0.717) is 12.5 Å². The number of hydrogen-bond acceptors (Lipinski definition) is 2. The Morgan fingerprint density at radius 3 is 2.80 bits per heavy atom. The van der Waals surface area contributed by atoms with Crippen molar-refractivity contribution < 1.29 is 9.53 Å². The van der Waals surface area contributed by atoms with Crippen molar-refractivity contribution in [3.63, 3.8) is 0 Å². The van der Waals surface area contributed by atoms with Crippen LogP contribution >= 0.6 is 0 Å². The Bertz CT molecular complexity index is 394. The molecule has 0 amide bonds. The molecule has 2 nitrogen and oxygen atoms in total. The van der Waals surface area contributed by atoms with E-state index < -0.39 is 0 Å². The number of rotatable bonds is 1. The second-order valence-electron chi connectivity index (χ2n) is 4.45. The van der Waals surface area contributed by atoms with Gasteiger partial charge in [0.25, 0.3) is 0 Å². The Labute approximate surface area is 90.3 Å². The highest BCUT2D eigenvalue weighted by Gasteiger charge is 2.27. The first-order valence-corrected chi connectivity index (χ1v) is 5.41. The third kappa shape index (κ3) is 1.65. The van der Waals surface area contributed by atoms with Gasteiger partial charge in [0.1, 0.15) is 5.75 Å². The van der Waals surface area contributed by atoms with Crippen LogP contribution in [0.4, 0.5) is 0 Å². The molecule has 2 rings (SSSR count). The number of benzene rings is 1.